The van der Waals surface area contributed by atoms with Gasteiger partial charge in [0.15, 0.2) is 0 Å². The van der Waals surface area contributed by atoms with E-state index < -0.39 is 11.9 Å². The van der Waals surface area contributed by atoms with E-state index in [0.717, 1.165) is 0 Å². The monoisotopic (exact) mass is 488 g/mol. The molecule has 3 amide bonds. The molecule has 2 aliphatic heterocycles. The van der Waals surface area contributed by atoms with E-state index in [4.69, 9.17) is 9.47 Å². The second-order valence-corrected chi connectivity index (χ2v) is 9.39. The van der Waals surface area contributed by atoms with Crippen LogP contribution in [0.5, 0.6) is 11.5 Å². The Bertz CT molecular complexity index is 1240. The number of fused-ring (bicyclic) bond motifs is 1. The first kappa shape index (κ1) is 23.8. The van der Waals surface area contributed by atoms with Crippen LogP contribution in [-0.4, -0.2) is 36.8 Å². The Morgan fingerprint density at radius 2 is 1.78 bits per heavy atom. The summed E-state index contributed by atoms with van der Waals surface area (Å²) in [6, 6.07) is 13.6. The highest BCUT2D eigenvalue weighted by molar-refractivity contribution is 6.22. The SMILES string of the molecule is CCOc1ccccc1N1C[C@H](C(=O)Oc2ccc(N3C(=O)[C@@H]4[C@@H](C)C=CC[C@H]4C3=O)cc2)CC1=O. The van der Waals surface area contributed by atoms with Gasteiger partial charge in [-0.15, -0.1) is 0 Å². The summed E-state index contributed by atoms with van der Waals surface area (Å²) >= 11 is 0. The Kier molecular flexibility index (Phi) is 6.35. The predicted octanol–water partition coefficient (Wildman–Crippen LogP) is 3.75. The van der Waals surface area contributed by atoms with Crippen LogP contribution in [0.2, 0.25) is 0 Å². The van der Waals surface area contributed by atoms with Crippen LogP contribution >= 0.6 is 0 Å². The second kappa shape index (κ2) is 9.60. The summed E-state index contributed by atoms with van der Waals surface area (Å²) in [7, 11) is 0. The third-order valence-electron chi connectivity index (χ3n) is 7.10. The van der Waals surface area contributed by atoms with E-state index in [0.29, 0.717) is 30.2 Å². The molecule has 1 aliphatic carbocycles. The molecule has 2 fully saturated rings. The van der Waals surface area contributed by atoms with E-state index in [9.17, 15) is 19.2 Å². The van der Waals surface area contributed by atoms with Crippen LogP contribution < -0.4 is 19.3 Å². The number of allylic oxidation sites excluding steroid dienone is 2. The number of anilines is 2. The van der Waals surface area contributed by atoms with Crippen molar-refractivity contribution in [2.75, 3.05) is 23.0 Å². The average molecular weight is 489 g/mol. The summed E-state index contributed by atoms with van der Waals surface area (Å²) in [6.07, 6.45) is 4.57. The lowest BCUT2D eigenvalue weighted by Gasteiger charge is -2.22. The summed E-state index contributed by atoms with van der Waals surface area (Å²) in [4.78, 5) is 54.2. The molecule has 2 aromatic rings. The molecule has 0 unspecified atom stereocenters. The van der Waals surface area contributed by atoms with Gasteiger partial charge in [0.1, 0.15) is 11.5 Å². The maximum absolute atomic E-state index is 13.0. The second-order valence-electron chi connectivity index (χ2n) is 9.39. The van der Waals surface area contributed by atoms with Crippen molar-refractivity contribution in [1.82, 2.24) is 0 Å². The van der Waals surface area contributed by atoms with Crippen LogP contribution in [0.3, 0.4) is 0 Å². The fraction of sp³-hybridized carbons (Fsp3) is 0.357. The van der Waals surface area contributed by atoms with Crippen LogP contribution in [0.1, 0.15) is 26.7 Å². The molecule has 2 heterocycles. The van der Waals surface area contributed by atoms with Crippen molar-refractivity contribution in [2.24, 2.45) is 23.7 Å². The smallest absolute Gasteiger partial charge is 0.316 e. The lowest BCUT2D eigenvalue weighted by atomic mass is 9.78. The molecule has 0 aromatic heterocycles. The zero-order valence-corrected chi connectivity index (χ0v) is 20.3. The molecule has 8 heteroatoms. The summed E-state index contributed by atoms with van der Waals surface area (Å²) in [6.45, 7) is 4.49. The first-order valence-corrected chi connectivity index (χ1v) is 12.3. The van der Waals surface area contributed by atoms with Crippen LogP contribution in [0.15, 0.2) is 60.7 Å². The molecule has 2 aromatic carbocycles. The topological polar surface area (TPSA) is 93.2 Å². The zero-order chi connectivity index (χ0) is 25.4. The highest BCUT2D eigenvalue weighted by Gasteiger charge is 2.50. The van der Waals surface area contributed by atoms with Gasteiger partial charge < -0.3 is 14.4 Å². The van der Waals surface area contributed by atoms with Gasteiger partial charge in [0.2, 0.25) is 17.7 Å². The summed E-state index contributed by atoms with van der Waals surface area (Å²) in [5, 5.41) is 0. The minimum Gasteiger partial charge on any atom is -0.492 e. The van der Waals surface area contributed by atoms with Crippen molar-refractivity contribution in [3.8, 4) is 11.5 Å². The van der Waals surface area contributed by atoms with Gasteiger partial charge >= 0.3 is 5.97 Å². The van der Waals surface area contributed by atoms with Crippen molar-refractivity contribution in [3.63, 3.8) is 0 Å². The van der Waals surface area contributed by atoms with Gasteiger partial charge in [0, 0.05) is 13.0 Å². The third-order valence-corrected chi connectivity index (χ3v) is 7.10. The van der Waals surface area contributed by atoms with Gasteiger partial charge in [-0.25, -0.2) is 0 Å². The van der Waals surface area contributed by atoms with E-state index in [1.54, 1.807) is 41.3 Å². The van der Waals surface area contributed by atoms with Crippen LogP contribution in [-0.2, 0) is 19.2 Å². The number of amides is 3. The number of hydrogen-bond donors (Lipinski definition) is 0. The van der Waals surface area contributed by atoms with E-state index >= 15 is 0 Å². The highest BCUT2D eigenvalue weighted by atomic mass is 16.5. The minimum absolute atomic E-state index is 0.0135. The molecule has 8 nitrogen and oxygen atoms in total. The Morgan fingerprint density at radius 3 is 2.50 bits per heavy atom. The van der Waals surface area contributed by atoms with Crippen molar-refractivity contribution in [2.45, 2.75) is 26.7 Å². The van der Waals surface area contributed by atoms with Gasteiger partial charge in [-0.1, -0.05) is 31.2 Å². The van der Waals surface area contributed by atoms with E-state index in [2.05, 4.69) is 0 Å². The number of carbonyl (C=O) groups excluding carboxylic acids is 4. The number of imide groups is 1. The molecule has 4 atom stereocenters. The molecule has 2 saturated heterocycles. The molecular formula is C28H28N2O6. The molecule has 0 bridgehead atoms. The number of rotatable bonds is 6. The average Bonchev–Trinajstić information content (AvgIpc) is 3.38. The fourth-order valence-corrected chi connectivity index (χ4v) is 5.32. The summed E-state index contributed by atoms with van der Waals surface area (Å²) < 4.78 is 11.2. The number of ether oxygens (including phenoxy) is 2. The molecule has 0 spiro atoms. The quantitative estimate of drug-likeness (QED) is 0.266. The maximum Gasteiger partial charge on any atom is 0.316 e. The van der Waals surface area contributed by atoms with Crippen molar-refractivity contribution < 1.29 is 28.7 Å². The lowest BCUT2D eigenvalue weighted by molar-refractivity contribution is -0.139. The van der Waals surface area contributed by atoms with Gasteiger partial charge in [-0.05, 0) is 55.7 Å². The van der Waals surface area contributed by atoms with Gasteiger partial charge in [0.25, 0.3) is 0 Å². The maximum atomic E-state index is 13.0. The van der Waals surface area contributed by atoms with Crippen LogP contribution in [0, 0.1) is 23.7 Å². The molecule has 0 radical (unpaired) electrons. The first-order chi connectivity index (χ1) is 17.4. The summed E-state index contributed by atoms with van der Waals surface area (Å²) in [5.74, 6) is -1.45. The van der Waals surface area contributed by atoms with Crippen molar-refractivity contribution in [3.05, 3.63) is 60.7 Å². The fourth-order valence-electron chi connectivity index (χ4n) is 5.32. The Balaban J connectivity index is 1.25. The number of benzene rings is 2. The van der Waals surface area contributed by atoms with Gasteiger partial charge in [-0.3, -0.25) is 24.1 Å². The first-order valence-electron chi connectivity index (χ1n) is 12.3. The number of carbonyl (C=O) groups is 4. The number of nitrogens with zero attached hydrogens (tertiary/aromatic N) is 2. The molecule has 0 N–H and O–H groups in total. The molecule has 5 rings (SSSR count). The summed E-state index contributed by atoms with van der Waals surface area (Å²) in [5.41, 5.74) is 1.09. The Hall–Kier alpha value is -3.94. The largest absolute Gasteiger partial charge is 0.492 e. The molecule has 3 aliphatic rings. The highest BCUT2D eigenvalue weighted by Crippen LogP contribution is 2.41. The molecule has 186 valence electrons. The normalized spacial score (nSPS) is 25.3. The molecule has 0 saturated carbocycles. The van der Waals surface area contributed by atoms with Crippen molar-refractivity contribution >= 4 is 35.1 Å². The zero-order valence-electron chi connectivity index (χ0n) is 20.3. The third kappa shape index (κ3) is 4.17. The standard InChI is InChI=1S/C28H28N2O6/c1-3-35-23-10-5-4-9-22(23)29-16-18(15-24(29)31)28(34)36-20-13-11-19(12-14-20)30-26(32)21-8-6-7-17(2)25(21)27(30)33/h4-7,9-14,17-18,21,25H,3,8,15-16H2,1-2H3/t17-,18+,21+,25+/m0/s1. The lowest BCUT2D eigenvalue weighted by Crippen LogP contribution is -2.31. The number of hydrogen-bond acceptors (Lipinski definition) is 6. The van der Waals surface area contributed by atoms with E-state index in [1.807, 2.05) is 38.1 Å². The van der Waals surface area contributed by atoms with Crippen LogP contribution in [0.4, 0.5) is 11.4 Å². The van der Waals surface area contributed by atoms with Gasteiger partial charge in [-0.2, -0.15) is 0 Å². The van der Waals surface area contributed by atoms with Crippen LogP contribution in [0.25, 0.3) is 0 Å². The Morgan fingerprint density at radius 1 is 1.03 bits per heavy atom. The Labute approximate surface area is 209 Å². The number of para-hydroxylation sites is 2. The van der Waals surface area contributed by atoms with Crippen molar-refractivity contribution in [1.29, 1.82) is 0 Å². The molecule has 36 heavy (non-hydrogen) atoms. The van der Waals surface area contributed by atoms with E-state index in [-0.39, 0.29) is 54.2 Å². The van der Waals surface area contributed by atoms with Gasteiger partial charge in [0.05, 0.1) is 35.7 Å². The number of esters is 1. The predicted molar refractivity (Wildman–Crippen MR) is 133 cm³/mol. The molecular weight excluding hydrogens is 460 g/mol. The van der Waals surface area contributed by atoms with E-state index in [1.165, 1.54) is 4.90 Å². The minimum atomic E-state index is -0.620.